The highest BCUT2D eigenvalue weighted by Crippen LogP contribution is 2.37. The van der Waals surface area contributed by atoms with Crippen molar-refractivity contribution in [1.29, 1.82) is 0 Å². The fourth-order valence-corrected chi connectivity index (χ4v) is 5.88. The molecule has 12 heteroatoms. The van der Waals surface area contributed by atoms with Crippen molar-refractivity contribution in [3.05, 3.63) is 106 Å². The number of alkyl halides is 6. The maximum absolute atomic E-state index is 13.9. The molecule has 0 bridgehead atoms. The van der Waals surface area contributed by atoms with Crippen molar-refractivity contribution in [3.63, 3.8) is 0 Å². The molecule has 1 saturated heterocycles. The molecular weight excluding hydrogens is 570 g/mol. The van der Waals surface area contributed by atoms with Crippen molar-refractivity contribution in [3.8, 4) is 0 Å². The predicted molar refractivity (Wildman–Crippen MR) is 138 cm³/mol. The summed E-state index contributed by atoms with van der Waals surface area (Å²) in [7, 11) is 0. The molecule has 1 amide bonds. The molecule has 0 atom stereocenters. The van der Waals surface area contributed by atoms with Gasteiger partial charge in [-0.25, -0.2) is 8.78 Å². The second kappa shape index (κ2) is 11.3. The molecule has 2 aliphatic rings. The first-order valence-corrected chi connectivity index (χ1v) is 13.3. The van der Waals surface area contributed by atoms with E-state index in [1.54, 1.807) is 0 Å². The highest BCUT2D eigenvalue weighted by molar-refractivity contribution is 5.88. The Balaban J connectivity index is 1.31. The number of benzene rings is 3. The van der Waals surface area contributed by atoms with Gasteiger partial charge in [0.2, 0.25) is 5.91 Å². The van der Waals surface area contributed by atoms with Crippen molar-refractivity contribution in [2.24, 2.45) is 0 Å². The highest BCUT2D eigenvalue weighted by Gasteiger charge is 2.49. The number of piperazine rings is 1. The van der Waals surface area contributed by atoms with E-state index in [4.69, 9.17) is 0 Å². The number of carbonyl (C=O) groups excluding carboxylic acids is 1. The van der Waals surface area contributed by atoms with E-state index in [-0.39, 0.29) is 24.2 Å². The molecular formula is C30H27F8N3O. The summed E-state index contributed by atoms with van der Waals surface area (Å²) < 4.78 is 107. The number of rotatable bonds is 6. The van der Waals surface area contributed by atoms with Crippen molar-refractivity contribution >= 4 is 5.91 Å². The molecule has 0 unspecified atom stereocenters. The molecule has 0 aromatic heterocycles. The van der Waals surface area contributed by atoms with Gasteiger partial charge < -0.3 is 5.32 Å². The van der Waals surface area contributed by atoms with Gasteiger partial charge in [-0.2, -0.15) is 26.3 Å². The van der Waals surface area contributed by atoms with E-state index in [1.165, 1.54) is 0 Å². The van der Waals surface area contributed by atoms with Gasteiger partial charge >= 0.3 is 12.4 Å². The zero-order valence-corrected chi connectivity index (χ0v) is 22.3. The minimum Gasteiger partial charge on any atom is -0.350 e. The Morgan fingerprint density at radius 3 is 1.76 bits per heavy atom. The van der Waals surface area contributed by atoms with Gasteiger partial charge in [-0.3, -0.25) is 14.6 Å². The molecule has 1 N–H and O–H groups in total. The molecule has 0 radical (unpaired) electrons. The number of amides is 1. The maximum atomic E-state index is 13.9. The third kappa shape index (κ3) is 6.44. The summed E-state index contributed by atoms with van der Waals surface area (Å²) in [6.45, 7) is 1.32. The second-order valence-electron chi connectivity index (χ2n) is 10.8. The van der Waals surface area contributed by atoms with E-state index in [0.29, 0.717) is 51.2 Å². The van der Waals surface area contributed by atoms with Crippen molar-refractivity contribution in [2.75, 3.05) is 26.2 Å². The number of fused-ring (bicyclic) bond motifs is 1. The number of nitrogens with one attached hydrogen (secondary N) is 1. The van der Waals surface area contributed by atoms with Crippen LogP contribution < -0.4 is 5.32 Å². The number of halogens is 8. The summed E-state index contributed by atoms with van der Waals surface area (Å²) in [6, 6.07) is 12.1. The zero-order chi connectivity index (χ0) is 30.3. The Morgan fingerprint density at radius 2 is 1.24 bits per heavy atom. The predicted octanol–water partition coefficient (Wildman–Crippen LogP) is 5.97. The van der Waals surface area contributed by atoms with E-state index in [1.807, 2.05) is 34.1 Å². The summed E-state index contributed by atoms with van der Waals surface area (Å²) in [5.74, 6) is -2.45. The average molecular weight is 598 g/mol. The highest BCUT2D eigenvalue weighted by atomic mass is 19.4. The third-order valence-electron chi connectivity index (χ3n) is 7.91. The first kappa shape index (κ1) is 30.0. The lowest BCUT2D eigenvalue weighted by Gasteiger charge is -2.45. The molecule has 0 spiro atoms. The second-order valence-corrected chi connectivity index (χ2v) is 10.8. The molecule has 1 fully saturated rings. The lowest BCUT2D eigenvalue weighted by molar-refractivity contribution is -0.138. The normalized spacial score (nSPS) is 17.7. The Hall–Kier alpha value is -3.51. The SMILES string of the molecule is O=C(NCc1cc(F)cc(C(F)(F)F)c1)C1(N2CCN(Cc3cc(F)cc(C(F)(F)F)c3)CC2)Cc2ccccc2C1. The zero-order valence-electron chi connectivity index (χ0n) is 22.3. The van der Waals surface area contributed by atoms with Crippen molar-refractivity contribution in [2.45, 2.75) is 43.8 Å². The molecule has 3 aromatic carbocycles. The van der Waals surface area contributed by atoms with Crippen molar-refractivity contribution in [1.82, 2.24) is 15.1 Å². The average Bonchev–Trinajstić information content (AvgIpc) is 3.31. The molecule has 1 aliphatic carbocycles. The molecule has 1 aliphatic heterocycles. The monoisotopic (exact) mass is 597 g/mol. The van der Waals surface area contributed by atoms with Crippen LogP contribution in [0, 0.1) is 11.6 Å². The van der Waals surface area contributed by atoms with Crippen molar-refractivity contribution < 1.29 is 39.9 Å². The summed E-state index contributed by atoms with van der Waals surface area (Å²) in [5.41, 5.74) is -1.19. The Labute approximate surface area is 236 Å². The van der Waals surface area contributed by atoms with Crippen LogP contribution in [0.3, 0.4) is 0 Å². The molecule has 5 rings (SSSR count). The summed E-state index contributed by atoms with van der Waals surface area (Å²) in [6.07, 6.45) is -8.71. The van der Waals surface area contributed by atoms with Crippen LogP contribution in [0.2, 0.25) is 0 Å². The summed E-state index contributed by atoms with van der Waals surface area (Å²) in [5, 5.41) is 2.72. The number of hydrogen-bond donors (Lipinski definition) is 1. The van der Waals surface area contributed by atoms with Gasteiger partial charge in [-0.1, -0.05) is 24.3 Å². The number of hydrogen-bond acceptors (Lipinski definition) is 3. The minimum atomic E-state index is -4.74. The van der Waals surface area contributed by atoms with Crippen LogP contribution in [0.15, 0.2) is 60.7 Å². The van der Waals surface area contributed by atoms with Gasteiger partial charge in [0.25, 0.3) is 0 Å². The first-order valence-electron chi connectivity index (χ1n) is 13.3. The van der Waals surface area contributed by atoms with Crippen LogP contribution in [-0.4, -0.2) is 47.4 Å². The molecule has 42 heavy (non-hydrogen) atoms. The van der Waals surface area contributed by atoms with E-state index >= 15 is 0 Å². The lowest BCUT2D eigenvalue weighted by Crippen LogP contribution is -2.64. The molecule has 224 valence electrons. The van der Waals surface area contributed by atoms with E-state index < -0.39 is 46.6 Å². The maximum Gasteiger partial charge on any atom is 0.416 e. The Morgan fingerprint density at radius 1 is 0.738 bits per heavy atom. The topological polar surface area (TPSA) is 35.6 Å². The van der Waals surface area contributed by atoms with E-state index in [0.717, 1.165) is 35.4 Å². The van der Waals surface area contributed by atoms with Crippen LogP contribution in [0.5, 0.6) is 0 Å². The van der Waals surface area contributed by atoms with E-state index in [9.17, 15) is 39.9 Å². The molecule has 1 heterocycles. The van der Waals surface area contributed by atoms with Gasteiger partial charge in [0, 0.05) is 52.1 Å². The summed E-state index contributed by atoms with van der Waals surface area (Å²) in [4.78, 5) is 17.6. The lowest BCUT2D eigenvalue weighted by atomic mass is 9.90. The van der Waals surface area contributed by atoms with Gasteiger partial charge in [0.1, 0.15) is 17.2 Å². The molecule has 0 saturated carbocycles. The fourth-order valence-electron chi connectivity index (χ4n) is 5.88. The Bertz CT molecular complexity index is 1440. The van der Waals surface area contributed by atoms with Gasteiger partial charge in [-0.05, 0) is 58.7 Å². The number of nitrogens with zero attached hydrogens (tertiary/aromatic N) is 2. The number of carbonyl (C=O) groups is 1. The summed E-state index contributed by atoms with van der Waals surface area (Å²) >= 11 is 0. The molecule has 3 aromatic rings. The Kier molecular flexibility index (Phi) is 8.06. The first-order chi connectivity index (χ1) is 19.7. The fraction of sp³-hybridized carbons (Fsp3) is 0.367. The molecule has 4 nitrogen and oxygen atoms in total. The van der Waals surface area contributed by atoms with Gasteiger partial charge in [-0.15, -0.1) is 0 Å². The minimum absolute atomic E-state index is 0.0283. The standard InChI is InChI=1S/C30H27F8N3O/c31-25-11-19(9-23(13-25)29(33,34)35)17-39-27(42)28(15-21-3-1-2-4-22(21)16-28)41-7-5-40(6-8-41)18-20-10-24(30(36,37)38)14-26(32)12-20/h1-4,9-14H,5-8,15-18H2,(H,39,42). The van der Waals surface area contributed by atoms with Crippen LogP contribution in [0.1, 0.15) is 33.4 Å². The largest absolute Gasteiger partial charge is 0.416 e. The van der Waals surface area contributed by atoms with Crippen LogP contribution in [0.4, 0.5) is 35.1 Å². The van der Waals surface area contributed by atoms with E-state index in [2.05, 4.69) is 5.32 Å². The third-order valence-corrected chi connectivity index (χ3v) is 7.91. The van der Waals surface area contributed by atoms with Gasteiger partial charge in [0.15, 0.2) is 0 Å². The van der Waals surface area contributed by atoms with Crippen LogP contribution in [-0.2, 0) is 43.1 Å². The van der Waals surface area contributed by atoms with Crippen LogP contribution >= 0.6 is 0 Å². The van der Waals surface area contributed by atoms with Crippen LogP contribution in [0.25, 0.3) is 0 Å². The smallest absolute Gasteiger partial charge is 0.350 e. The van der Waals surface area contributed by atoms with Gasteiger partial charge in [0.05, 0.1) is 11.1 Å². The quantitative estimate of drug-likeness (QED) is 0.356.